The Bertz CT molecular complexity index is 689. The summed E-state index contributed by atoms with van der Waals surface area (Å²) < 4.78 is 1.53. The molecular formula is C13H13N7O. The lowest BCUT2D eigenvalue weighted by atomic mass is 10.2. The van der Waals surface area contributed by atoms with Crippen molar-refractivity contribution in [2.45, 2.75) is 6.42 Å². The Morgan fingerprint density at radius 3 is 2.81 bits per heavy atom. The van der Waals surface area contributed by atoms with Crippen molar-refractivity contribution < 1.29 is 4.79 Å². The van der Waals surface area contributed by atoms with Gasteiger partial charge in [-0.1, -0.05) is 0 Å². The molecule has 2 N–H and O–H groups in total. The predicted molar refractivity (Wildman–Crippen MR) is 73.8 cm³/mol. The van der Waals surface area contributed by atoms with E-state index in [2.05, 4.69) is 30.8 Å². The van der Waals surface area contributed by atoms with E-state index in [-0.39, 0.29) is 5.91 Å². The zero-order chi connectivity index (χ0) is 14.5. The number of benzene rings is 1. The fourth-order valence-electron chi connectivity index (χ4n) is 1.88. The minimum atomic E-state index is -0.121. The van der Waals surface area contributed by atoms with Crippen LogP contribution in [0.1, 0.15) is 16.2 Å². The molecule has 0 saturated heterocycles. The van der Waals surface area contributed by atoms with Crippen LogP contribution in [0.5, 0.6) is 0 Å². The summed E-state index contributed by atoms with van der Waals surface area (Å²) in [5.41, 5.74) is 1.39. The molecule has 3 rings (SSSR count). The minimum absolute atomic E-state index is 0.121. The van der Waals surface area contributed by atoms with Gasteiger partial charge >= 0.3 is 0 Å². The van der Waals surface area contributed by atoms with Gasteiger partial charge in [-0.15, -0.1) is 5.10 Å². The first kappa shape index (κ1) is 13.0. The summed E-state index contributed by atoms with van der Waals surface area (Å²) in [7, 11) is 0. The average molecular weight is 283 g/mol. The topological polar surface area (TPSA) is 101 Å². The van der Waals surface area contributed by atoms with Crippen LogP contribution in [-0.2, 0) is 6.42 Å². The molecule has 0 atom stereocenters. The Hall–Kier alpha value is -3.03. The third-order valence-corrected chi connectivity index (χ3v) is 2.95. The molecule has 0 unspecified atom stereocenters. The number of aromatic amines is 1. The molecule has 2 heterocycles. The number of H-pyrrole nitrogens is 1. The van der Waals surface area contributed by atoms with Gasteiger partial charge in [0.25, 0.3) is 5.91 Å². The second-order valence-corrected chi connectivity index (χ2v) is 4.34. The van der Waals surface area contributed by atoms with E-state index < -0.39 is 0 Å². The highest BCUT2D eigenvalue weighted by molar-refractivity contribution is 5.94. The van der Waals surface area contributed by atoms with Crippen molar-refractivity contribution in [2.24, 2.45) is 0 Å². The number of imidazole rings is 1. The Balaban J connectivity index is 1.57. The highest BCUT2D eigenvalue weighted by Gasteiger charge is 2.06. The molecule has 0 aliphatic heterocycles. The third kappa shape index (κ3) is 3.11. The fourth-order valence-corrected chi connectivity index (χ4v) is 1.88. The van der Waals surface area contributed by atoms with Crippen LogP contribution in [0.2, 0.25) is 0 Å². The lowest BCUT2D eigenvalue weighted by molar-refractivity contribution is 0.0954. The molecule has 8 nitrogen and oxygen atoms in total. The number of carbonyl (C=O) groups excluding carboxylic acids is 1. The molecule has 106 valence electrons. The van der Waals surface area contributed by atoms with Crippen LogP contribution in [0.4, 0.5) is 0 Å². The average Bonchev–Trinajstić information content (AvgIpc) is 3.21. The molecular weight excluding hydrogens is 270 g/mol. The summed E-state index contributed by atoms with van der Waals surface area (Å²) >= 11 is 0. The van der Waals surface area contributed by atoms with Crippen molar-refractivity contribution in [3.05, 3.63) is 54.4 Å². The first-order valence-corrected chi connectivity index (χ1v) is 6.43. The number of carbonyl (C=O) groups is 1. The van der Waals surface area contributed by atoms with Crippen molar-refractivity contribution in [3.8, 4) is 5.69 Å². The summed E-state index contributed by atoms with van der Waals surface area (Å²) in [6, 6.07) is 7.05. The van der Waals surface area contributed by atoms with Gasteiger partial charge in [0.05, 0.1) is 5.69 Å². The fraction of sp³-hybridized carbons (Fsp3) is 0.154. The third-order valence-electron chi connectivity index (χ3n) is 2.95. The van der Waals surface area contributed by atoms with Gasteiger partial charge in [-0.25, -0.2) is 9.67 Å². The molecule has 0 spiro atoms. The SMILES string of the molecule is O=C(NCCc1ncc[nH]1)c1ccc(-n2cnnn2)cc1. The van der Waals surface area contributed by atoms with Gasteiger partial charge in [-0.3, -0.25) is 4.79 Å². The number of nitrogens with zero attached hydrogens (tertiary/aromatic N) is 5. The summed E-state index contributed by atoms with van der Waals surface area (Å²) in [6.45, 7) is 0.529. The Morgan fingerprint density at radius 2 is 2.14 bits per heavy atom. The number of rotatable bonds is 5. The van der Waals surface area contributed by atoms with Gasteiger partial charge < -0.3 is 10.3 Å². The molecule has 2 aromatic heterocycles. The normalized spacial score (nSPS) is 10.5. The summed E-state index contributed by atoms with van der Waals surface area (Å²) in [5.74, 6) is 0.731. The lowest BCUT2D eigenvalue weighted by Gasteiger charge is -2.05. The highest BCUT2D eigenvalue weighted by Crippen LogP contribution is 2.07. The Morgan fingerprint density at radius 1 is 1.29 bits per heavy atom. The second kappa shape index (κ2) is 5.95. The maximum absolute atomic E-state index is 12.0. The monoisotopic (exact) mass is 283 g/mol. The molecule has 1 aromatic carbocycles. The molecule has 0 fully saturated rings. The number of hydrogen-bond acceptors (Lipinski definition) is 5. The molecule has 0 aliphatic carbocycles. The number of hydrogen-bond donors (Lipinski definition) is 2. The van der Waals surface area contributed by atoms with E-state index in [0.717, 1.165) is 11.5 Å². The summed E-state index contributed by atoms with van der Waals surface area (Å²) in [5, 5.41) is 13.8. The molecule has 21 heavy (non-hydrogen) atoms. The van der Waals surface area contributed by atoms with Crippen LogP contribution in [-0.4, -0.2) is 42.6 Å². The lowest BCUT2D eigenvalue weighted by Crippen LogP contribution is -2.25. The van der Waals surface area contributed by atoms with E-state index in [1.54, 1.807) is 36.7 Å². The van der Waals surface area contributed by atoms with Crippen LogP contribution < -0.4 is 5.32 Å². The molecule has 8 heteroatoms. The van der Waals surface area contributed by atoms with Crippen LogP contribution >= 0.6 is 0 Å². The van der Waals surface area contributed by atoms with E-state index >= 15 is 0 Å². The molecule has 1 amide bonds. The smallest absolute Gasteiger partial charge is 0.251 e. The Kier molecular flexibility index (Phi) is 3.68. The van der Waals surface area contributed by atoms with Crippen LogP contribution in [0.3, 0.4) is 0 Å². The van der Waals surface area contributed by atoms with Crippen molar-refractivity contribution in [2.75, 3.05) is 6.54 Å². The van der Waals surface area contributed by atoms with Crippen LogP contribution in [0, 0.1) is 0 Å². The first-order chi connectivity index (χ1) is 10.3. The minimum Gasteiger partial charge on any atom is -0.352 e. The van der Waals surface area contributed by atoms with Crippen molar-refractivity contribution >= 4 is 5.91 Å². The molecule has 0 radical (unpaired) electrons. The van der Waals surface area contributed by atoms with E-state index in [1.807, 2.05) is 0 Å². The van der Waals surface area contributed by atoms with Crippen molar-refractivity contribution in [3.63, 3.8) is 0 Å². The zero-order valence-electron chi connectivity index (χ0n) is 11.1. The Labute approximate surface area is 120 Å². The highest BCUT2D eigenvalue weighted by atomic mass is 16.1. The number of tetrazole rings is 1. The maximum Gasteiger partial charge on any atom is 0.251 e. The van der Waals surface area contributed by atoms with E-state index in [4.69, 9.17) is 0 Å². The van der Waals surface area contributed by atoms with Gasteiger partial charge in [0.2, 0.25) is 0 Å². The van der Waals surface area contributed by atoms with E-state index in [0.29, 0.717) is 18.5 Å². The van der Waals surface area contributed by atoms with Gasteiger partial charge in [-0.05, 0) is 34.7 Å². The predicted octanol–water partition coefficient (Wildman–Crippen LogP) is 0.358. The second-order valence-electron chi connectivity index (χ2n) is 4.34. The standard InChI is InChI=1S/C13H13N7O/c21-13(16-6-5-12-14-7-8-15-12)10-1-3-11(4-2-10)20-9-17-18-19-20/h1-4,7-9H,5-6H2,(H,14,15)(H,16,21). The molecule has 0 saturated carbocycles. The van der Waals surface area contributed by atoms with Gasteiger partial charge in [0.1, 0.15) is 12.2 Å². The number of aromatic nitrogens is 6. The molecule has 0 bridgehead atoms. The number of nitrogens with one attached hydrogen (secondary N) is 2. The number of amides is 1. The maximum atomic E-state index is 12.0. The van der Waals surface area contributed by atoms with Crippen LogP contribution in [0.25, 0.3) is 5.69 Å². The molecule has 0 aliphatic rings. The summed E-state index contributed by atoms with van der Waals surface area (Å²) in [4.78, 5) is 19.1. The van der Waals surface area contributed by atoms with E-state index in [9.17, 15) is 4.79 Å². The van der Waals surface area contributed by atoms with Crippen molar-refractivity contribution in [1.82, 2.24) is 35.5 Å². The zero-order valence-corrected chi connectivity index (χ0v) is 11.1. The quantitative estimate of drug-likeness (QED) is 0.704. The van der Waals surface area contributed by atoms with Gasteiger partial charge in [0.15, 0.2) is 0 Å². The van der Waals surface area contributed by atoms with Crippen molar-refractivity contribution in [1.29, 1.82) is 0 Å². The first-order valence-electron chi connectivity index (χ1n) is 6.43. The molecule has 3 aromatic rings. The van der Waals surface area contributed by atoms with Gasteiger partial charge in [-0.2, -0.15) is 0 Å². The van der Waals surface area contributed by atoms with Gasteiger partial charge in [0, 0.05) is 30.9 Å². The van der Waals surface area contributed by atoms with Crippen LogP contribution in [0.15, 0.2) is 43.0 Å². The summed E-state index contributed by atoms with van der Waals surface area (Å²) in [6.07, 6.45) is 5.61. The van der Waals surface area contributed by atoms with E-state index in [1.165, 1.54) is 11.0 Å². The largest absolute Gasteiger partial charge is 0.352 e.